The second kappa shape index (κ2) is 8.43. The molecule has 8 nitrogen and oxygen atoms in total. The van der Waals surface area contributed by atoms with Crippen molar-refractivity contribution in [3.8, 4) is 5.75 Å². The molecule has 2 aromatic carbocycles. The first kappa shape index (κ1) is 19.2. The van der Waals surface area contributed by atoms with Crippen molar-refractivity contribution >= 4 is 29.3 Å². The predicted molar refractivity (Wildman–Crippen MR) is 104 cm³/mol. The summed E-state index contributed by atoms with van der Waals surface area (Å²) in [5, 5.41) is 2.67. The first-order valence-electron chi connectivity index (χ1n) is 8.71. The fraction of sp³-hybridized carbons (Fsp3) is 0.250. The minimum atomic E-state index is -0.546. The van der Waals surface area contributed by atoms with Gasteiger partial charge in [-0.15, -0.1) is 0 Å². The van der Waals surface area contributed by atoms with Crippen molar-refractivity contribution in [1.29, 1.82) is 0 Å². The normalized spacial score (nSPS) is 13.4. The van der Waals surface area contributed by atoms with Crippen molar-refractivity contribution in [1.82, 2.24) is 4.90 Å². The number of benzene rings is 2. The van der Waals surface area contributed by atoms with Crippen LogP contribution >= 0.6 is 0 Å². The standard InChI is InChI=1S/C20H21N3O5/c1-27-17-10-6-5-9-16(17)23-12-11-22(20(23)26)13-18(24)21-15-8-4-3-7-14(15)19(25)28-2/h3-10H,11-13H2,1-2H3,(H,21,24). The van der Waals surface area contributed by atoms with Gasteiger partial charge in [0.1, 0.15) is 12.3 Å². The van der Waals surface area contributed by atoms with Crippen LogP contribution in [0.1, 0.15) is 10.4 Å². The molecule has 0 aromatic heterocycles. The van der Waals surface area contributed by atoms with Crippen LogP contribution in [0.5, 0.6) is 5.75 Å². The summed E-state index contributed by atoms with van der Waals surface area (Å²) in [6, 6.07) is 13.5. The molecule has 0 aliphatic carbocycles. The summed E-state index contributed by atoms with van der Waals surface area (Å²) in [6.07, 6.45) is 0. The molecule has 0 radical (unpaired) electrons. The third-order valence-electron chi connectivity index (χ3n) is 4.41. The van der Waals surface area contributed by atoms with Crippen molar-refractivity contribution in [2.24, 2.45) is 0 Å². The van der Waals surface area contributed by atoms with Crippen LogP contribution in [0.25, 0.3) is 0 Å². The maximum Gasteiger partial charge on any atom is 0.339 e. The van der Waals surface area contributed by atoms with E-state index >= 15 is 0 Å². The number of urea groups is 1. The number of rotatable bonds is 6. The Labute approximate surface area is 162 Å². The van der Waals surface area contributed by atoms with Crippen LogP contribution < -0.4 is 15.0 Å². The highest BCUT2D eigenvalue weighted by Crippen LogP contribution is 2.30. The van der Waals surface area contributed by atoms with Gasteiger partial charge in [0.25, 0.3) is 0 Å². The van der Waals surface area contributed by atoms with Crippen LogP contribution in [0.3, 0.4) is 0 Å². The second-order valence-electron chi connectivity index (χ2n) is 6.11. The summed E-state index contributed by atoms with van der Waals surface area (Å²) in [6.45, 7) is 0.730. The number of methoxy groups -OCH3 is 2. The Balaban J connectivity index is 1.68. The van der Waals surface area contributed by atoms with Crippen LogP contribution in [0.2, 0.25) is 0 Å². The van der Waals surface area contributed by atoms with Crippen molar-refractivity contribution in [2.45, 2.75) is 0 Å². The second-order valence-corrected chi connectivity index (χ2v) is 6.11. The molecule has 2 aromatic rings. The Morgan fingerprint density at radius 1 is 1.04 bits per heavy atom. The van der Waals surface area contributed by atoms with E-state index in [1.165, 1.54) is 12.0 Å². The third-order valence-corrected chi connectivity index (χ3v) is 4.41. The smallest absolute Gasteiger partial charge is 0.339 e. The van der Waals surface area contributed by atoms with Gasteiger partial charge < -0.3 is 19.7 Å². The molecule has 1 aliphatic rings. The number of carbonyl (C=O) groups is 3. The molecule has 0 bridgehead atoms. The molecule has 1 fully saturated rings. The van der Waals surface area contributed by atoms with Crippen molar-refractivity contribution in [3.05, 3.63) is 54.1 Å². The van der Waals surface area contributed by atoms with Gasteiger partial charge in [0.05, 0.1) is 31.2 Å². The molecule has 8 heteroatoms. The zero-order chi connectivity index (χ0) is 20.1. The minimum Gasteiger partial charge on any atom is -0.495 e. The van der Waals surface area contributed by atoms with Gasteiger partial charge in [-0.2, -0.15) is 0 Å². The average Bonchev–Trinajstić information content (AvgIpc) is 3.07. The van der Waals surface area contributed by atoms with Gasteiger partial charge in [-0.1, -0.05) is 24.3 Å². The van der Waals surface area contributed by atoms with E-state index < -0.39 is 11.9 Å². The molecule has 1 N–H and O–H groups in total. The van der Waals surface area contributed by atoms with E-state index in [0.29, 0.717) is 30.2 Å². The molecule has 3 amide bonds. The molecule has 0 unspecified atom stereocenters. The Morgan fingerprint density at radius 3 is 2.50 bits per heavy atom. The van der Waals surface area contributed by atoms with Crippen molar-refractivity contribution < 1.29 is 23.9 Å². The van der Waals surface area contributed by atoms with Gasteiger partial charge in [-0.05, 0) is 24.3 Å². The summed E-state index contributed by atoms with van der Waals surface area (Å²) >= 11 is 0. The third kappa shape index (κ3) is 3.90. The number of esters is 1. The van der Waals surface area contributed by atoms with E-state index in [4.69, 9.17) is 9.47 Å². The SMILES string of the molecule is COC(=O)c1ccccc1NC(=O)CN1CCN(c2ccccc2OC)C1=O. The lowest BCUT2D eigenvalue weighted by molar-refractivity contribution is -0.116. The predicted octanol–water partition coefficient (Wildman–Crippen LogP) is 2.36. The molecule has 1 heterocycles. The van der Waals surface area contributed by atoms with E-state index in [0.717, 1.165) is 0 Å². The van der Waals surface area contributed by atoms with Crippen LogP contribution in [0, 0.1) is 0 Å². The molecule has 0 atom stereocenters. The summed E-state index contributed by atoms with van der Waals surface area (Å²) < 4.78 is 10.0. The summed E-state index contributed by atoms with van der Waals surface area (Å²) in [4.78, 5) is 40.0. The van der Waals surface area contributed by atoms with E-state index in [-0.39, 0.29) is 18.1 Å². The molecule has 3 rings (SSSR count). The van der Waals surface area contributed by atoms with Crippen LogP contribution in [0.15, 0.2) is 48.5 Å². The van der Waals surface area contributed by atoms with E-state index in [2.05, 4.69) is 5.32 Å². The Bertz CT molecular complexity index is 899. The first-order valence-corrected chi connectivity index (χ1v) is 8.71. The van der Waals surface area contributed by atoms with E-state index in [1.807, 2.05) is 12.1 Å². The summed E-state index contributed by atoms with van der Waals surface area (Å²) in [5.74, 6) is -0.351. The highest BCUT2D eigenvalue weighted by Gasteiger charge is 2.32. The molecule has 1 aliphatic heterocycles. The van der Waals surface area contributed by atoms with Crippen molar-refractivity contribution in [2.75, 3.05) is 44.1 Å². The zero-order valence-electron chi connectivity index (χ0n) is 15.7. The van der Waals surface area contributed by atoms with Gasteiger partial charge in [0, 0.05) is 13.1 Å². The number of carbonyl (C=O) groups excluding carboxylic acids is 3. The number of nitrogens with one attached hydrogen (secondary N) is 1. The Hall–Kier alpha value is -3.55. The lowest BCUT2D eigenvalue weighted by atomic mass is 10.2. The number of hydrogen-bond acceptors (Lipinski definition) is 5. The van der Waals surface area contributed by atoms with Crippen LogP contribution in [-0.2, 0) is 9.53 Å². The molecule has 1 saturated heterocycles. The highest BCUT2D eigenvalue weighted by atomic mass is 16.5. The number of para-hydroxylation sites is 3. The highest BCUT2D eigenvalue weighted by molar-refractivity contribution is 6.03. The Kier molecular flexibility index (Phi) is 5.78. The fourth-order valence-corrected chi connectivity index (χ4v) is 3.05. The molecule has 0 spiro atoms. The maximum atomic E-state index is 12.7. The number of nitrogens with zero attached hydrogens (tertiary/aromatic N) is 2. The summed E-state index contributed by atoms with van der Waals surface area (Å²) in [7, 11) is 2.82. The van der Waals surface area contributed by atoms with E-state index in [1.54, 1.807) is 48.4 Å². The largest absolute Gasteiger partial charge is 0.495 e. The number of anilines is 2. The molecule has 28 heavy (non-hydrogen) atoms. The van der Waals surface area contributed by atoms with Crippen LogP contribution in [-0.4, -0.2) is 56.7 Å². The topological polar surface area (TPSA) is 88.2 Å². The average molecular weight is 383 g/mol. The first-order chi connectivity index (χ1) is 13.5. The lowest BCUT2D eigenvalue weighted by Crippen LogP contribution is -2.37. The monoisotopic (exact) mass is 383 g/mol. The molecule has 0 saturated carbocycles. The molecular weight excluding hydrogens is 362 g/mol. The van der Waals surface area contributed by atoms with Gasteiger partial charge in [-0.25, -0.2) is 9.59 Å². The van der Waals surface area contributed by atoms with Gasteiger partial charge in [0.15, 0.2) is 0 Å². The Morgan fingerprint density at radius 2 is 1.75 bits per heavy atom. The zero-order valence-corrected chi connectivity index (χ0v) is 15.7. The van der Waals surface area contributed by atoms with Gasteiger partial charge in [0.2, 0.25) is 5.91 Å². The molecular formula is C20H21N3O5. The van der Waals surface area contributed by atoms with Gasteiger partial charge in [-0.3, -0.25) is 9.69 Å². The minimum absolute atomic E-state index is 0.125. The van der Waals surface area contributed by atoms with Gasteiger partial charge >= 0.3 is 12.0 Å². The summed E-state index contributed by atoms with van der Waals surface area (Å²) in [5.41, 5.74) is 1.25. The fourth-order valence-electron chi connectivity index (χ4n) is 3.05. The quantitative estimate of drug-likeness (QED) is 0.774. The number of hydrogen-bond donors (Lipinski definition) is 1. The maximum absolute atomic E-state index is 12.7. The number of ether oxygens (including phenoxy) is 2. The molecule has 146 valence electrons. The van der Waals surface area contributed by atoms with E-state index in [9.17, 15) is 14.4 Å². The lowest BCUT2D eigenvalue weighted by Gasteiger charge is -2.20. The van der Waals surface area contributed by atoms with Crippen molar-refractivity contribution in [3.63, 3.8) is 0 Å². The number of amides is 3. The van der Waals surface area contributed by atoms with Crippen LogP contribution in [0.4, 0.5) is 16.2 Å².